The molecule has 0 atom stereocenters. The van der Waals surface area contributed by atoms with Gasteiger partial charge in [0.15, 0.2) is 0 Å². The number of carboxylic acids is 1. The van der Waals surface area contributed by atoms with Gasteiger partial charge >= 0.3 is 12.0 Å². The molecule has 2 fully saturated rings. The fourth-order valence-electron chi connectivity index (χ4n) is 3.66. The monoisotopic (exact) mass is 296 g/mol. The predicted octanol–water partition coefficient (Wildman–Crippen LogP) is 3.00. The van der Waals surface area contributed by atoms with Crippen LogP contribution in [0.3, 0.4) is 0 Å². The Morgan fingerprint density at radius 3 is 2.33 bits per heavy atom. The van der Waals surface area contributed by atoms with Gasteiger partial charge in [0.25, 0.3) is 0 Å². The summed E-state index contributed by atoms with van der Waals surface area (Å²) in [5.74, 6) is -0.154. The van der Waals surface area contributed by atoms with Crippen LogP contribution >= 0.6 is 0 Å². The molecule has 1 aliphatic heterocycles. The largest absolute Gasteiger partial charge is 0.480 e. The van der Waals surface area contributed by atoms with Gasteiger partial charge in [-0.3, -0.25) is 0 Å². The summed E-state index contributed by atoms with van der Waals surface area (Å²) in [7, 11) is 0. The number of amides is 2. The molecule has 2 rings (SSSR count). The van der Waals surface area contributed by atoms with Crippen molar-refractivity contribution in [3.05, 3.63) is 0 Å². The van der Waals surface area contributed by atoms with Gasteiger partial charge in [0.2, 0.25) is 0 Å². The highest BCUT2D eigenvalue weighted by atomic mass is 16.4. The topological polar surface area (TPSA) is 69.6 Å². The third-order valence-corrected chi connectivity index (χ3v) is 5.06. The van der Waals surface area contributed by atoms with Gasteiger partial charge in [-0.2, -0.15) is 0 Å². The maximum absolute atomic E-state index is 12.4. The smallest absolute Gasteiger partial charge is 0.329 e. The summed E-state index contributed by atoms with van der Waals surface area (Å²) in [6.45, 7) is 3.71. The number of hydrogen-bond donors (Lipinski definition) is 2. The minimum atomic E-state index is -1.03. The van der Waals surface area contributed by atoms with Crippen molar-refractivity contribution in [1.82, 2.24) is 10.2 Å². The van der Waals surface area contributed by atoms with E-state index in [0.717, 1.165) is 51.1 Å². The van der Waals surface area contributed by atoms with Crippen LogP contribution in [0.5, 0.6) is 0 Å². The van der Waals surface area contributed by atoms with E-state index in [4.69, 9.17) is 0 Å². The van der Waals surface area contributed by atoms with E-state index >= 15 is 0 Å². The third-order valence-electron chi connectivity index (χ3n) is 5.06. The number of piperidine rings is 1. The summed E-state index contributed by atoms with van der Waals surface area (Å²) in [6.07, 6.45) is 8.44. The molecular formula is C16H28N2O3. The van der Waals surface area contributed by atoms with Gasteiger partial charge in [-0.15, -0.1) is 0 Å². The van der Waals surface area contributed by atoms with Crippen molar-refractivity contribution < 1.29 is 14.7 Å². The van der Waals surface area contributed by atoms with Crippen molar-refractivity contribution in [2.45, 2.75) is 70.3 Å². The van der Waals surface area contributed by atoms with Crippen LogP contribution in [0, 0.1) is 5.92 Å². The van der Waals surface area contributed by atoms with Crippen LogP contribution in [-0.4, -0.2) is 40.6 Å². The molecule has 1 saturated heterocycles. The van der Waals surface area contributed by atoms with Crippen molar-refractivity contribution in [2.24, 2.45) is 5.92 Å². The summed E-state index contributed by atoms with van der Waals surface area (Å²) in [6, 6.07) is -0.186. The number of carbonyl (C=O) groups is 2. The highest BCUT2D eigenvalue weighted by Gasteiger charge is 2.42. The van der Waals surface area contributed by atoms with Gasteiger partial charge < -0.3 is 15.3 Å². The molecule has 0 aromatic rings. The molecule has 5 nitrogen and oxygen atoms in total. The number of carbonyl (C=O) groups excluding carboxylic acids is 1. The number of urea groups is 1. The molecule has 5 heteroatoms. The number of rotatable bonds is 4. The lowest BCUT2D eigenvalue weighted by Crippen LogP contribution is -2.59. The van der Waals surface area contributed by atoms with Gasteiger partial charge in [-0.05, 0) is 31.6 Å². The molecular weight excluding hydrogens is 268 g/mol. The molecule has 1 aliphatic carbocycles. The van der Waals surface area contributed by atoms with Crippen molar-refractivity contribution in [3.8, 4) is 0 Å². The van der Waals surface area contributed by atoms with Gasteiger partial charge in [-0.25, -0.2) is 9.59 Å². The van der Waals surface area contributed by atoms with E-state index in [0.29, 0.717) is 12.8 Å². The van der Waals surface area contributed by atoms with Gasteiger partial charge in [-0.1, -0.05) is 39.0 Å². The summed E-state index contributed by atoms with van der Waals surface area (Å²) in [5.41, 5.74) is -1.03. The highest BCUT2D eigenvalue weighted by molar-refractivity contribution is 5.86. The molecule has 0 unspecified atom stereocenters. The molecule has 21 heavy (non-hydrogen) atoms. The average Bonchev–Trinajstić information content (AvgIpc) is 2.49. The Morgan fingerprint density at radius 1 is 1.19 bits per heavy atom. The molecule has 0 bridgehead atoms. The minimum absolute atomic E-state index is 0.186. The van der Waals surface area contributed by atoms with Crippen LogP contribution in [0.15, 0.2) is 0 Å². The normalized spacial score (nSPS) is 22.8. The average molecular weight is 296 g/mol. The standard InChI is InChI=1S/C16H28N2O3/c1-2-6-13-7-11-18(12-8-13)15(21)17-16(14(19)20)9-4-3-5-10-16/h13H,2-12H2,1H3,(H,17,21)(H,19,20). The first-order valence-electron chi connectivity index (χ1n) is 8.38. The number of nitrogens with zero attached hydrogens (tertiary/aromatic N) is 1. The van der Waals surface area contributed by atoms with Crippen LogP contribution in [0.2, 0.25) is 0 Å². The van der Waals surface area contributed by atoms with E-state index < -0.39 is 11.5 Å². The summed E-state index contributed by atoms with van der Waals surface area (Å²) in [4.78, 5) is 25.8. The molecule has 0 radical (unpaired) electrons. The van der Waals surface area contributed by atoms with Gasteiger partial charge in [0, 0.05) is 13.1 Å². The molecule has 120 valence electrons. The van der Waals surface area contributed by atoms with E-state index in [2.05, 4.69) is 12.2 Å². The Bertz CT molecular complexity index is 370. The molecule has 0 aromatic heterocycles. The molecule has 0 aromatic carbocycles. The zero-order chi connectivity index (χ0) is 15.3. The zero-order valence-corrected chi connectivity index (χ0v) is 13.1. The van der Waals surface area contributed by atoms with Crippen LogP contribution in [0.4, 0.5) is 4.79 Å². The molecule has 1 saturated carbocycles. The fraction of sp³-hybridized carbons (Fsp3) is 0.875. The third kappa shape index (κ3) is 3.89. The highest BCUT2D eigenvalue weighted by Crippen LogP contribution is 2.29. The summed E-state index contributed by atoms with van der Waals surface area (Å²) in [5, 5.41) is 12.4. The summed E-state index contributed by atoms with van der Waals surface area (Å²) < 4.78 is 0. The molecule has 1 heterocycles. The van der Waals surface area contributed by atoms with E-state index in [9.17, 15) is 14.7 Å². The Hall–Kier alpha value is -1.26. The number of carboxylic acid groups (broad SMARTS) is 1. The van der Waals surface area contributed by atoms with E-state index in [1.807, 2.05) is 0 Å². The molecule has 2 aliphatic rings. The Labute approximate surface area is 127 Å². The lowest BCUT2D eigenvalue weighted by Gasteiger charge is -2.38. The maximum Gasteiger partial charge on any atom is 0.329 e. The van der Waals surface area contributed by atoms with Gasteiger partial charge in [0.1, 0.15) is 5.54 Å². The second-order valence-corrected chi connectivity index (χ2v) is 6.60. The first kappa shape index (κ1) is 16.1. The lowest BCUT2D eigenvalue weighted by molar-refractivity contribution is -0.146. The van der Waals surface area contributed by atoms with Crippen LogP contribution < -0.4 is 5.32 Å². The Balaban J connectivity index is 1.90. The van der Waals surface area contributed by atoms with E-state index in [-0.39, 0.29) is 6.03 Å². The first-order chi connectivity index (χ1) is 10.1. The Kier molecular flexibility index (Phi) is 5.48. The number of likely N-dealkylation sites (tertiary alicyclic amines) is 1. The van der Waals surface area contributed by atoms with Gasteiger partial charge in [0.05, 0.1) is 0 Å². The predicted molar refractivity (Wildman–Crippen MR) is 81.2 cm³/mol. The Morgan fingerprint density at radius 2 is 1.81 bits per heavy atom. The van der Waals surface area contributed by atoms with Crippen molar-refractivity contribution in [1.29, 1.82) is 0 Å². The quantitative estimate of drug-likeness (QED) is 0.838. The first-order valence-corrected chi connectivity index (χ1v) is 8.38. The van der Waals surface area contributed by atoms with Crippen molar-refractivity contribution in [2.75, 3.05) is 13.1 Å². The minimum Gasteiger partial charge on any atom is -0.480 e. The van der Waals surface area contributed by atoms with Crippen LogP contribution in [0.25, 0.3) is 0 Å². The maximum atomic E-state index is 12.4. The van der Waals surface area contributed by atoms with E-state index in [1.165, 1.54) is 12.8 Å². The number of aliphatic carboxylic acids is 1. The number of hydrogen-bond acceptors (Lipinski definition) is 2. The zero-order valence-electron chi connectivity index (χ0n) is 13.1. The molecule has 2 N–H and O–H groups in total. The molecule has 2 amide bonds. The van der Waals surface area contributed by atoms with Crippen LogP contribution in [-0.2, 0) is 4.79 Å². The molecule has 0 spiro atoms. The van der Waals surface area contributed by atoms with E-state index in [1.54, 1.807) is 4.90 Å². The summed E-state index contributed by atoms with van der Waals surface area (Å²) >= 11 is 0. The van der Waals surface area contributed by atoms with Crippen LogP contribution in [0.1, 0.15) is 64.7 Å². The van der Waals surface area contributed by atoms with Crippen molar-refractivity contribution in [3.63, 3.8) is 0 Å². The fourth-order valence-corrected chi connectivity index (χ4v) is 3.66. The SMILES string of the molecule is CCCC1CCN(C(=O)NC2(C(=O)O)CCCCC2)CC1. The second kappa shape index (κ2) is 7.14. The number of nitrogens with one attached hydrogen (secondary N) is 1. The van der Waals surface area contributed by atoms with Crippen molar-refractivity contribution >= 4 is 12.0 Å². The lowest BCUT2D eigenvalue weighted by atomic mass is 9.82. The second-order valence-electron chi connectivity index (χ2n) is 6.60.